The van der Waals surface area contributed by atoms with Gasteiger partial charge in [-0.05, 0) is 47.9 Å². The van der Waals surface area contributed by atoms with Crippen molar-refractivity contribution in [2.45, 2.75) is 32.6 Å². The molecule has 0 saturated carbocycles. The summed E-state index contributed by atoms with van der Waals surface area (Å²) in [4.78, 5) is 19.0. The van der Waals surface area contributed by atoms with Gasteiger partial charge in [0, 0.05) is 13.1 Å². The van der Waals surface area contributed by atoms with E-state index in [-0.39, 0.29) is 35.8 Å². The lowest BCUT2D eigenvalue weighted by atomic mass is 10.1. The normalized spacial score (nSPS) is 12.0. The zero-order valence-electron chi connectivity index (χ0n) is 18.7. The molecule has 0 radical (unpaired) electrons. The Hall–Kier alpha value is -3.84. The van der Waals surface area contributed by atoms with E-state index in [9.17, 15) is 13.6 Å². The molecule has 174 valence electrons. The number of amides is 1. The van der Waals surface area contributed by atoms with Crippen LogP contribution in [0.4, 0.5) is 8.78 Å². The number of hydrogen-bond acceptors (Lipinski definition) is 4. The number of carbonyl (C=O) groups is 1. The minimum atomic E-state index is -0.332. The van der Waals surface area contributed by atoms with Crippen molar-refractivity contribution in [1.82, 2.24) is 15.2 Å². The number of benzene rings is 3. The van der Waals surface area contributed by atoms with E-state index in [4.69, 9.17) is 4.42 Å². The number of nitrogens with zero attached hydrogens (tertiary/aromatic N) is 2. The lowest BCUT2D eigenvalue weighted by Gasteiger charge is -2.21. The molecule has 0 aliphatic rings. The molecular formula is C27H25F2N3O2. The van der Waals surface area contributed by atoms with E-state index in [1.54, 1.807) is 18.2 Å². The smallest absolute Gasteiger partial charge is 0.273 e. The van der Waals surface area contributed by atoms with Crippen molar-refractivity contribution in [3.8, 4) is 0 Å². The second kappa shape index (κ2) is 10.9. The van der Waals surface area contributed by atoms with E-state index >= 15 is 0 Å². The van der Waals surface area contributed by atoms with Crippen LogP contribution >= 0.6 is 0 Å². The Morgan fingerprint density at radius 2 is 1.65 bits per heavy atom. The SMILES string of the molecule is CC(NC(=O)c1coc(CN(Cc2ccc(F)cc2)Cc2cccc(F)c2)n1)c1ccccc1. The van der Waals surface area contributed by atoms with Crippen LogP contribution in [0, 0.1) is 11.6 Å². The molecule has 1 N–H and O–H groups in total. The van der Waals surface area contributed by atoms with Crippen LogP contribution in [-0.2, 0) is 19.6 Å². The molecule has 3 aromatic carbocycles. The summed E-state index contributed by atoms with van der Waals surface area (Å²) in [5.41, 5.74) is 2.84. The van der Waals surface area contributed by atoms with Crippen molar-refractivity contribution >= 4 is 5.91 Å². The maximum atomic E-state index is 13.7. The molecule has 0 bridgehead atoms. The second-order valence-corrected chi connectivity index (χ2v) is 8.13. The molecule has 0 fully saturated rings. The summed E-state index contributed by atoms with van der Waals surface area (Å²) in [6, 6.07) is 22.0. The number of rotatable bonds is 9. The van der Waals surface area contributed by atoms with Gasteiger partial charge in [0.25, 0.3) is 5.91 Å². The Kier molecular flexibility index (Phi) is 7.44. The highest BCUT2D eigenvalue weighted by Crippen LogP contribution is 2.17. The molecule has 1 atom stereocenters. The molecule has 4 rings (SSSR count). The van der Waals surface area contributed by atoms with Crippen LogP contribution in [-0.4, -0.2) is 15.8 Å². The Morgan fingerprint density at radius 1 is 0.912 bits per heavy atom. The highest BCUT2D eigenvalue weighted by molar-refractivity contribution is 5.92. The van der Waals surface area contributed by atoms with Crippen molar-refractivity contribution in [2.24, 2.45) is 0 Å². The molecule has 1 unspecified atom stereocenters. The Balaban J connectivity index is 1.46. The number of halogens is 2. The topological polar surface area (TPSA) is 58.4 Å². The Bertz CT molecular complexity index is 1230. The summed E-state index contributed by atoms with van der Waals surface area (Å²) >= 11 is 0. The van der Waals surface area contributed by atoms with Gasteiger partial charge in [0.1, 0.15) is 17.9 Å². The summed E-state index contributed by atoms with van der Waals surface area (Å²) in [5.74, 6) is -0.604. The zero-order chi connectivity index (χ0) is 23.9. The average Bonchev–Trinajstić information content (AvgIpc) is 3.30. The van der Waals surface area contributed by atoms with Crippen LogP contribution in [0.1, 0.15) is 46.0 Å². The molecule has 1 heterocycles. The number of carbonyl (C=O) groups excluding carboxylic acids is 1. The first kappa shape index (κ1) is 23.3. The van der Waals surface area contributed by atoms with Crippen LogP contribution in [0.25, 0.3) is 0 Å². The fourth-order valence-electron chi connectivity index (χ4n) is 3.68. The molecule has 1 amide bonds. The number of oxazole rings is 1. The van der Waals surface area contributed by atoms with Crippen LogP contribution in [0.15, 0.2) is 89.5 Å². The standard InChI is InChI=1S/C27H25F2N3O2/c1-19(22-7-3-2-4-8-22)30-27(33)25-18-34-26(31-25)17-32(15-20-10-12-23(28)13-11-20)16-21-6-5-9-24(29)14-21/h2-14,18-19H,15-17H2,1H3,(H,30,33). The molecule has 0 aliphatic heterocycles. The van der Waals surface area contributed by atoms with Crippen LogP contribution in [0.3, 0.4) is 0 Å². The molecule has 0 aliphatic carbocycles. The summed E-state index contributed by atoms with van der Waals surface area (Å²) in [6.45, 7) is 3.07. The zero-order valence-corrected chi connectivity index (χ0v) is 18.7. The number of hydrogen-bond donors (Lipinski definition) is 1. The third-order valence-corrected chi connectivity index (χ3v) is 5.41. The van der Waals surface area contributed by atoms with E-state index < -0.39 is 0 Å². The van der Waals surface area contributed by atoms with Gasteiger partial charge in [0.15, 0.2) is 5.69 Å². The van der Waals surface area contributed by atoms with Crippen molar-refractivity contribution in [3.63, 3.8) is 0 Å². The summed E-state index contributed by atoms with van der Waals surface area (Å²) < 4.78 is 32.6. The molecule has 1 aromatic heterocycles. The van der Waals surface area contributed by atoms with Crippen LogP contribution in [0.5, 0.6) is 0 Å². The lowest BCUT2D eigenvalue weighted by Crippen LogP contribution is -2.27. The van der Waals surface area contributed by atoms with Crippen molar-refractivity contribution in [2.75, 3.05) is 0 Å². The number of aromatic nitrogens is 1. The highest BCUT2D eigenvalue weighted by atomic mass is 19.1. The molecule has 7 heteroatoms. The minimum absolute atomic E-state index is 0.184. The van der Waals surface area contributed by atoms with Crippen molar-refractivity contribution in [1.29, 1.82) is 0 Å². The van der Waals surface area contributed by atoms with Gasteiger partial charge in [-0.25, -0.2) is 13.8 Å². The largest absolute Gasteiger partial charge is 0.447 e. The minimum Gasteiger partial charge on any atom is -0.447 e. The molecule has 34 heavy (non-hydrogen) atoms. The second-order valence-electron chi connectivity index (χ2n) is 8.13. The van der Waals surface area contributed by atoms with E-state index in [2.05, 4.69) is 10.3 Å². The molecule has 0 spiro atoms. The van der Waals surface area contributed by atoms with Gasteiger partial charge in [-0.1, -0.05) is 54.6 Å². The van der Waals surface area contributed by atoms with E-state index in [1.807, 2.05) is 48.2 Å². The van der Waals surface area contributed by atoms with Crippen LogP contribution < -0.4 is 5.32 Å². The van der Waals surface area contributed by atoms with Gasteiger partial charge in [-0.15, -0.1) is 0 Å². The van der Waals surface area contributed by atoms with E-state index in [0.29, 0.717) is 19.0 Å². The monoisotopic (exact) mass is 461 g/mol. The van der Waals surface area contributed by atoms with Gasteiger partial charge in [-0.2, -0.15) is 0 Å². The first-order valence-corrected chi connectivity index (χ1v) is 11.0. The van der Waals surface area contributed by atoms with Gasteiger partial charge >= 0.3 is 0 Å². The first-order valence-electron chi connectivity index (χ1n) is 11.0. The molecule has 0 saturated heterocycles. The van der Waals surface area contributed by atoms with E-state index in [1.165, 1.54) is 30.5 Å². The fourth-order valence-corrected chi connectivity index (χ4v) is 3.68. The summed E-state index contributed by atoms with van der Waals surface area (Å²) in [7, 11) is 0. The average molecular weight is 462 g/mol. The van der Waals surface area contributed by atoms with Gasteiger partial charge in [-0.3, -0.25) is 9.69 Å². The number of nitrogens with one attached hydrogen (secondary N) is 1. The highest BCUT2D eigenvalue weighted by Gasteiger charge is 2.18. The molecule has 5 nitrogen and oxygen atoms in total. The van der Waals surface area contributed by atoms with Crippen molar-refractivity contribution in [3.05, 3.63) is 125 Å². The van der Waals surface area contributed by atoms with Gasteiger partial charge in [0.05, 0.1) is 12.6 Å². The quantitative estimate of drug-likeness (QED) is 0.350. The third-order valence-electron chi connectivity index (χ3n) is 5.41. The molecular weight excluding hydrogens is 436 g/mol. The first-order chi connectivity index (χ1) is 16.5. The maximum absolute atomic E-state index is 13.7. The predicted molar refractivity (Wildman–Crippen MR) is 125 cm³/mol. The molecule has 4 aromatic rings. The lowest BCUT2D eigenvalue weighted by molar-refractivity contribution is 0.0934. The predicted octanol–water partition coefficient (Wildman–Crippen LogP) is 5.65. The Labute approximate surface area is 197 Å². The summed E-state index contributed by atoms with van der Waals surface area (Å²) in [6.07, 6.45) is 1.33. The van der Waals surface area contributed by atoms with Gasteiger partial charge in [0.2, 0.25) is 5.89 Å². The summed E-state index contributed by atoms with van der Waals surface area (Å²) in [5, 5.41) is 2.92. The van der Waals surface area contributed by atoms with Gasteiger partial charge < -0.3 is 9.73 Å². The third kappa shape index (κ3) is 6.36. The van der Waals surface area contributed by atoms with Crippen molar-refractivity contribution < 1.29 is 18.0 Å². The van der Waals surface area contributed by atoms with E-state index in [0.717, 1.165) is 16.7 Å². The van der Waals surface area contributed by atoms with Crippen LogP contribution in [0.2, 0.25) is 0 Å². The maximum Gasteiger partial charge on any atom is 0.273 e. The Morgan fingerprint density at radius 3 is 2.38 bits per heavy atom. The fraction of sp³-hybridized carbons (Fsp3) is 0.185.